The Morgan fingerprint density at radius 3 is 2.53 bits per heavy atom. The van der Waals surface area contributed by atoms with E-state index in [4.69, 9.17) is 4.74 Å². The van der Waals surface area contributed by atoms with E-state index in [1.54, 1.807) is 30.5 Å². The van der Waals surface area contributed by atoms with Gasteiger partial charge in [-0.3, -0.25) is 4.57 Å². The number of nitrogens with one attached hydrogen (secondary N) is 2. The van der Waals surface area contributed by atoms with Gasteiger partial charge in [0.25, 0.3) is 0 Å². The van der Waals surface area contributed by atoms with Gasteiger partial charge >= 0.3 is 7.12 Å². The van der Waals surface area contributed by atoms with E-state index in [2.05, 4.69) is 25.6 Å². The average Bonchev–Trinajstić information content (AvgIpc) is 3.20. The molecule has 2 aromatic heterocycles. The zero-order chi connectivity index (χ0) is 23.7. The lowest BCUT2D eigenvalue weighted by Gasteiger charge is -2.26. The first-order valence-corrected chi connectivity index (χ1v) is 11.1. The van der Waals surface area contributed by atoms with Crippen LogP contribution in [-0.2, 0) is 4.74 Å². The minimum atomic E-state index is -1.55. The van der Waals surface area contributed by atoms with Crippen molar-refractivity contribution in [2.24, 2.45) is 0 Å². The van der Waals surface area contributed by atoms with E-state index in [1.165, 1.54) is 6.08 Å². The molecule has 34 heavy (non-hydrogen) atoms. The number of ether oxygens (including phenoxy) is 1. The molecule has 9 nitrogen and oxygen atoms in total. The van der Waals surface area contributed by atoms with Gasteiger partial charge in [0, 0.05) is 31.4 Å². The van der Waals surface area contributed by atoms with Crippen molar-refractivity contribution in [3.63, 3.8) is 0 Å². The van der Waals surface area contributed by atoms with Crippen LogP contribution in [0.2, 0.25) is 0 Å². The zero-order valence-electron chi connectivity index (χ0n) is 18.2. The third-order valence-corrected chi connectivity index (χ3v) is 5.89. The molecule has 0 saturated carbocycles. The summed E-state index contributed by atoms with van der Waals surface area (Å²) < 4.78 is 36.1. The van der Waals surface area contributed by atoms with Crippen molar-refractivity contribution in [1.82, 2.24) is 19.5 Å². The van der Waals surface area contributed by atoms with Crippen LogP contribution in [0.25, 0.3) is 11.2 Å². The molecule has 2 aliphatic rings. The fourth-order valence-corrected chi connectivity index (χ4v) is 4.12. The molecular formula is C22H23BF2N6O3. The molecule has 0 atom stereocenters. The SMILES string of the molecule is OB(O)c1ccc(Nc2ncc3nc(NC4=C(F)CCC=C4F)n(C4CCOCC4)c3n2)cc1. The number of nitrogens with zero attached hydrogens (tertiary/aromatic N) is 4. The van der Waals surface area contributed by atoms with Gasteiger partial charge in [-0.15, -0.1) is 0 Å². The van der Waals surface area contributed by atoms with E-state index in [-0.39, 0.29) is 18.2 Å². The van der Waals surface area contributed by atoms with Crippen LogP contribution in [0.1, 0.15) is 31.7 Å². The topological polar surface area (TPSA) is 117 Å². The number of hydrogen-bond donors (Lipinski definition) is 4. The fourth-order valence-electron chi connectivity index (χ4n) is 4.12. The number of halogens is 2. The van der Waals surface area contributed by atoms with E-state index in [0.29, 0.717) is 66.7 Å². The highest BCUT2D eigenvalue weighted by Crippen LogP contribution is 2.33. The highest BCUT2D eigenvalue weighted by atomic mass is 19.1. The third kappa shape index (κ3) is 4.52. The Balaban J connectivity index is 1.51. The van der Waals surface area contributed by atoms with E-state index < -0.39 is 18.8 Å². The summed E-state index contributed by atoms with van der Waals surface area (Å²) in [5.41, 5.74) is 1.82. The Kier molecular flexibility index (Phi) is 6.27. The summed E-state index contributed by atoms with van der Waals surface area (Å²) in [5, 5.41) is 24.5. The molecule has 1 fully saturated rings. The number of fused-ring (bicyclic) bond motifs is 1. The second-order valence-electron chi connectivity index (χ2n) is 8.17. The molecule has 0 bridgehead atoms. The largest absolute Gasteiger partial charge is 0.488 e. The molecule has 4 N–H and O–H groups in total. The van der Waals surface area contributed by atoms with Gasteiger partial charge in [0.2, 0.25) is 11.9 Å². The molecule has 0 spiro atoms. The molecule has 3 aromatic rings. The van der Waals surface area contributed by atoms with E-state index in [1.807, 2.05) is 4.57 Å². The molecule has 1 saturated heterocycles. The quantitative estimate of drug-likeness (QED) is 0.408. The number of benzene rings is 1. The molecule has 0 amide bonds. The van der Waals surface area contributed by atoms with Crippen molar-refractivity contribution in [2.75, 3.05) is 23.8 Å². The molecule has 176 valence electrons. The van der Waals surface area contributed by atoms with Crippen LogP contribution in [-0.4, -0.2) is 49.9 Å². The van der Waals surface area contributed by atoms with Gasteiger partial charge in [-0.1, -0.05) is 12.1 Å². The third-order valence-electron chi connectivity index (χ3n) is 5.89. The van der Waals surface area contributed by atoms with E-state index >= 15 is 0 Å². The lowest BCUT2D eigenvalue weighted by molar-refractivity contribution is 0.0709. The summed E-state index contributed by atoms with van der Waals surface area (Å²) in [4.78, 5) is 13.5. The van der Waals surface area contributed by atoms with Gasteiger partial charge in [0.1, 0.15) is 22.9 Å². The first-order valence-electron chi connectivity index (χ1n) is 11.1. The summed E-state index contributed by atoms with van der Waals surface area (Å²) in [6.45, 7) is 1.13. The van der Waals surface area contributed by atoms with Gasteiger partial charge in [0.05, 0.1) is 6.20 Å². The summed E-state index contributed by atoms with van der Waals surface area (Å²) in [5.74, 6) is -0.585. The predicted molar refractivity (Wildman–Crippen MR) is 124 cm³/mol. The summed E-state index contributed by atoms with van der Waals surface area (Å²) in [7, 11) is -1.55. The molecule has 0 radical (unpaired) electrons. The van der Waals surface area contributed by atoms with Crippen LogP contribution in [0.3, 0.4) is 0 Å². The van der Waals surface area contributed by atoms with Crippen LogP contribution < -0.4 is 16.1 Å². The van der Waals surface area contributed by atoms with Gasteiger partial charge in [-0.05, 0) is 42.9 Å². The molecular weight excluding hydrogens is 445 g/mol. The van der Waals surface area contributed by atoms with Crippen molar-refractivity contribution >= 4 is 41.3 Å². The Labute approximate surface area is 194 Å². The van der Waals surface area contributed by atoms with E-state index in [9.17, 15) is 18.8 Å². The first-order chi connectivity index (χ1) is 16.5. The monoisotopic (exact) mass is 468 g/mol. The maximum absolute atomic E-state index is 14.4. The molecule has 12 heteroatoms. The Bertz CT molecular complexity index is 1260. The minimum absolute atomic E-state index is 0.0198. The number of anilines is 3. The van der Waals surface area contributed by atoms with Crippen molar-refractivity contribution in [3.8, 4) is 0 Å². The average molecular weight is 468 g/mol. The second kappa shape index (κ2) is 9.49. The second-order valence-corrected chi connectivity index (χ2v) is 8.17. The van der Waals surface area contributed by atoms with Crippen LogP contribution in [0.4, 0.5) is 26.4 Å². The van der Waals surface area contributed by atoms with Crippen LogP contribution in [0, 0.1) is 0 Å². The van der Waals surface area contributed by atoms with E-state index in [0.717, 1.165) is 0 Å². The zero-order valence-corrected chi connectivity index (χ0v) is 18.2. The summed E-state index contributed by atoms with van der Waals surface area (Å²) in [6.07, 6.45) is 4.77. The minimum Gasteiger partial charge on any atom is -0.423 e. The van der Waals surface area contributed by atoms with Gasteiger partial charge in [-0.2, -0.15) is 4.98 Å². The number of imidazole rings is 1. The van der Waals surface area contributed by atoms with Gasteiger partial charge in [-0.25, -0.2) is 18.7 Å². The summed E-state index contributed by atoms with van der Waals surface area (Å²) >= 11 is 0. The lowest BCUT2D eigenvalue weighted by atomic mass is 9.80. The van der Waals surface area contributed by atoms with Crippen LogP contribution >= 0.6 is 0 Å². The Hall–Kier alpha value is -3.35. The Morgan fingerprint density at radius 2 is 1.82 bits per heavy atom. The van der Waals surface area contributed by atoms with Crippen LogP contribution in [0.5, 0.6) is 0 Å². The number of allylic oxidation sites excluding steroid dienone is 3. The molecule has 5 rings (SSSR count). The first kappa shape index (κ1) is 22.4. The molecule has 3 heterocycles. The molecule has 1 aliphatic heterocycles. The highest BCUT2D eigenvalue weighted by molar-refractivity contribution is 6.58. The molecule has 0 unspecified atom stereocenters. The lowest BCUT2D eigenvalue weighted by Crippen LogP contribution is -2.29. The molecule has 1 aromatic carbocycles. The standard InChI is InChI=1S/C22H23BF2N6O3/c24-16-2-1-3-17(25)19(16)29-22-28-18-12-26-21(27-14-6-4-13(5-7-14)23(32)33)30-20(18)31(22)15-8-10-34-11-9-15/h2,4-7,12,15,32-33H,1,3,8-11H2,(H,28,29)(H,26,27,30). The Morgan fingerprint density at radius 1 is 1.06 bits per heavy atom. The smallest absolute Gasteiger partial charge is 0.423 e. The van der Waals surface area contributed by atoms with Crippen LogP contribution in [0.15, 0.2) is 53.9 Å². The number of hydrogen-bond acceptors (Lipinski definition) is 8. The van der Waals surface area contributed by atoms with Crippen molar-refractivity contribution in [1.29, 1.82) is 0 Å². The van der Waals surface area contributed by atoms with Crippen molar-refractivity contribution < 1.29 is 23.6 Å². The van der Waals surface area contributed by atoms with Gasteiger partial charge in [0.15, 0.2) is 5.65 Å². The predicted octanol–water partition coefficient (Wildman–Crippen LogP) is 2.84. The van der Waals surface area contributed by atoms with Gasteiger partial charge < -0.3 is 25.4 Å². The molecule has 1 aliphatic carbocycles. The van der Waals surface area contributed by atoms with Crippen molar-refractivity contribution in [3.05, 3.63) is 53.9 Å². The normalized spacial score (nSPS) is 17.1. The number of aromatic nitrogens is 4. The maximum Gasteiger partial charge on any atom is 0.488 e. The number of rotatable bonds is 6. The maximum atomic E-state index is 14.4. The fraction of sp³-hybridized carbons (Fsp3) is 0.318. The van der Waals surface area contributed by atoms with Crippen molar-refractivity contribution in [2.45, 2.75) is 31.7 Å². The highest BCUT2D eigenvalue weighted by Gasteiger charge is 2.26. The summed E-state index contributed by atoms with van der Waals surface area (Å²) in [6, 6.07) is 6.49.